The van der Waals surface area contributed by atoms with Crippen LogP contribution in [0.15, 0.2) is 24.3 Å². The van der Waals surface area contributed by atoms with Crippen LogP contribution in [0.2, 0.25) is 5.02 Å². The fraction of sp³-hybridized carbons (Fsp3) is 0.429. The molecule has 0 aliphatic rings. The average molecular weight is 298 g/mol. The molecule has 0 saturated heterocycles. The van der Waals surface area contributed by atoms with Gasteiger partial charge < -0.3 is 10.5 Å². The zero-order chi connectivity index (χ0) is 15.3. The van der Waals surface area contributed by atoms with Crippen LogP contribution in [0, 0.1) is 0 Å². The van der Waals surface area contributed by atoms with Crippen LogP contribution in [-0.2, 0) is 16.0 Å². The Morgan fingerprint density at radius 1 is 1.40 bits per heavy atom. The lowest BCUT2D eigenvalue weighted by Crippen LogP contribution is -2.42. The number of imide groups is 1. The molecule has 1 aromatic carbocycles. The van der Waals surface area contributed by atoms with Crippen molar-refractivity contribution in [2.24, 2.45) is 5.73 Å². The highest BCUT2D eigenvalue weighted by Gasteiger charge is 2.23. The summed E-state index contributed by atoms with van der Waals surface area (Å²) in [6.07, 6.45) is -0.671. The van der Waals surface area contributed by atoms with Gasteiger partial charge in [-0.15, -0.1) is 5.32 Å². The number of benzene rings is 1. The monoisotopic (exact) mass is 297 g/mol. The largest absolute Gasteiger partial charge is 0.442 e. The Morgan fingerprint density at radius 3 is 2.60 bits per heavy atom. The van der Waals surface area contributed by atoms with Crippen molar-refractivity contribution >= 4 is 23.6 Å². The number of halogens is 1. The molecular formula is C14H18ClN2O3. The molecule has 1 atom stereocenters. The molecule has 1 aromatic rings. The first kappa shape index (κ1) is 16.5. The van der Waals surface area contributed by atoms with Gasteiger partial charge >= 0.3 is 6.09 Å². The number of hydrogen-bond donors (Lipinski definition) is 1. The van der Waals surface area contributed by atoms with Crippen molar-refractivity contribution in [3.05, 3.63) is 34.9 Å². The Morgan fingerprint density at radius 2 is 2.05 bits per heavy atom. The summed E-state index contributed by atoms with van der Waals surface area (Å²) in [5, 5.41) is 3.88. The summed E-state index contributed by atoms with van der Waals surface area (Å²) in [6.45, 7) is 5.07. The summed E-state index contributed by atoms with van der Waals surface area (Å²) < 4.78 is 4.92. The Labute approximate surface area is 123 Å². The van der Waals surface area contributed by atoms with Crippen LogP contribution in [-0.4, -0.2) is 23.6 Å². The number of amides is 2. The van der Waals surface area contributed by atoms with Crippen LogP contribution in [0.25, 0.3) is 0 Å². The highest BCUT2D eigenvalue weighted by molar-refractivity contribution is 6.30. The van der Waals surface area contributed by atoms with E-state index in [0.717, 1.165) is 5.56 Å². The van der Waals surface area contributed by atoms with E-state index in [1.54, 1.807) is 45.0 Å². The van der Waals surface area contributed by atoms with E-state index in [1.807, 2.05) is 0 Å². The lowest BCUT2D eigenvalue weighted by atomic mass is 10.1. The van der Waals surface area contributed by atoms with E-state index in [0.29, 0.717) is 5.02 Å². The molecule has 0 bridgehead atoms. The number of carbonyl (C=O) groups is 2. The maximum absolute atomic E-state index is 11.7. The predicted octanol–water partition coefficient (Wildman–Crippen LogP) is 2.28. The van der Waals surface area contributed by atoms with Crippen molar-refractivity contribution < 1.29 is 14.3 Å². The first-order chi connectivity index (χ1) is 9.17. The van der Waals surface area contributed by atoms with Crippen molar-refractivity contribution in [1.82, 2.24) is 5.32 Å². The Balaban J connectivity index is 2.53. The third-order valence-corrected chi connectivity index (χ3v) is 2.49. The van der Waals surface area contributed by atoms with E-state index < -0.39 is 23.6 Å². The quantitative estimate of drug-likeness (QED) is 0.927. The number of ether oxygens (including phenoxy) is 1. The van der Waals surface area contributed by atoms with Crippen LogP contribution in [0.3, 0.4) is 0 Å². The van der Waals surface area contributed by atoms with E-state index in [-0.39, 0.29) is 6.42 Å². The normalized spacial score (nSPS) is 12.7. The van der Waals surface area contributed by atoms with Gasteiger partial charge in [-0.25, -0.2) is 4.79 Å². The van der Waals surface area contributed by atoms with Gasteiger partial charge in [0, 0.05) is 5.02 Å². The van der Waals surface area contributed by atoms with Crippen LogP contribution < -0.4 is 11.1 Å². The van der Waals surface area contributed by atoms with Crippen LogP contribution in [0.5, 0.6) is 0 Å². The maximum atomic E-state index is 11.7. The summed E-state index contributed by atoms with van der Waals surface area (Å²) in [5.41, 5.74) is 5.82. The Bertz CT molecular complexity index is 497. The molecule has 0 spiro atoms. The highest BCUT2D eigenvalue weighted by Crippen LogP contribution is 2.12. The van der Waals surface area contributed by atoms with Crippen molar-refractivity contribution in [3.63, 3.8) is 0 Å². The van der Waals surface area contributed by atoms with Gasteiger partial charge in [-0.2, -0.15) is 0 Å². The fourth-order valence-electron chi connectivity index (χ4n) is 1.46. The van der Waals surface area contributed by atoms with E-state index in [2.05, 4.69) is 5.32 Å². The summed E-state index contributed by atoms with van der Waals surface area (Å²) in [5.74, 6) is -0.709. The second-order valence-corrected chi connectivity index (χ2v) is 5.81. The van der Waals surface area contributed by atoms with Crippen molar-refractivity contribution in [2.45, 2.75) is 38.8 Å². The number of carbonyl (C=O) groups excluding carboxylic acids is 2. The summed E-state index contributed by atoms with van der Waals surface area (Å²) in [4.78, 5) is 23.1. The van der Waals surface area contributed by atoms with Gasteiger partial charge in [-0.05, 0) is 44.9 Å². The highest BCUT2D eigenvalue weighted by atomic mass is 35.5. The minimum atomic E-state index is -0.927. The molecule has 20 heavy (non-hydrogen) atoms. The third kappa shape index (κ3) is 6.04. The topological polar surface area (TPSA) is 83.5 Å². The summed E-state index contributed by atoms with van der Waals surface area (Å²) >= 11 is 5.84. The minimum absolute atomic E-state index is 0.256. The van der Waals surface area contributed by atoms with E-state index in [4.69, 9.17) is 22.1 Å². The lowest BCUT2D eigenvalue weighted by molar-refractivity contribution is -0.122. The molecule has 1 rings (SSSR count). The van der Waals surface area contributed by atoms with Gasteiger partial charge in [0.15, 0.2) is 0 Å². The molecule has 1 radical (unpaired) electrons. The molecular weight excluding hydrogens is 280 g/mol. The van der Waals surface area contributed by atoms with E-state index in [9.17, 15) is 9.59 Å². The molecule has 2 N–H and O–H groups in total. The van der Waals surface area contributed by atoms with Crippen molar-refractivity contribution in [3.8, 4) is 0 Å². The molecule has 0 aliphatic heterocycles. The Hall–Kier alpha value is -1.59. The molecule has 6 heteroatoms. The zero-order valence-electron chi connectivity index (χ0n) is 11.7. The minimum Gasteiger partial charge on any atom is -0.442 e. The summed E-state index contributed by atoms with van der Waals surface area (Å²) in [6, 6.07) is 6.10. The van der Waals surface area contributed by atoms with Crippen LogP contribution in [0.4, 0.5) is 4.79 Å². The first-order valence-corrected chi connectivity index (χ1v) is 6.54. The molecule has 5 nitrogen and oxygen atoms in total. The van der Waals surface area contributed by atoms with Gasteiger partial charge in [-0.1, -0.05) is 23.7 Å². The van der Waals surface area contributed by atoms with Crippen LogP contribution in [0.1, 0.15) is 26.3 Å². The van der Waals surface area contributed by atoms with Gasteiger partial charge in [0.1, 0.15) is 5.60 Å². The molecule has 2 amide bonds. The standard InChI is InChI=1S/C14H18ClN2O3/c1-14(2,3)20-13(19)17-12(18)11(16)8-9-5-4-6-10(15)7-9/h4-7,11H,8,16H2,1-3H3/t11-/m0/s1. The van der Waals surface area contributed by atoms with Gasteiger partial charge in [0.25, 0.3) is 5.91 Å². The fourth-order valence-corrected chi connectivity index (χ4v) is 1.68. The van der Waals surface area contributed by atoms with Gasteiger partial charge in [-0.3, -0.25) is 4.79 Å². The van der Waals surface area contributed by atoms with Crippen molar-refractivity contribution in [2.75, 3.05) is 0 Å². The number of nitrogens with zero attached hydrogens (tertiary/aromatic N) is 1. The van der Waals surface area contributed by atoms with E-state index >= 15 is 0 Å². The molecule has 0 saturated carbocycles. The molecule has 0 fully saturated rings. The van der Waals surface area contributed by atoms with Crippen LogP contribution >= 0.6 is 11.6 Å². The SMILES string of the molecule is CC(C)(C)OC(=O)[N]C(=O)[C@@H](N)Cc1cccc(Cl)c1. The molecule has 0 aliphatic carbocycles. The van der Waals surface area contributed by atoms with Crippen molar-refractivity contribution in [1.29, 1.82) is 0 Å². The zero-order valence-corrected chi connectivity index (χ0v) is 12.5. The maximum Gasteiger partial charge on any atom is 0.437 e. The van der Waals surface area contributed by atoms with Gasteiger partial charge in [0.05, 0.1) is 6.04 Å². The number of nitrogens with two attached hydrogens (primary N) is 1. The smallest absolute Gasteiger partial charge is 0.437 e. The van der Waals surface area contributed by atoms with E-state index in [1.165, 1.54) is 0 Å². The Kier molecular flexibility index (Phi) is 5.53. The second-order valence-electron chi connectivity index (χ2n) is 5.37. The average Bonchev–Trinajstić information content (AvgIpc) is 2.25. The van der Waals surface area contributed by atoms with Gasteiger partial charge in [0.2, 0.25) is 0 Å². The molecule has 0 unspecified atom stereocenters. The predicted molar refractivity (Wildman–Crippen MR) is 76.5 cm³/mol. The molecule has 109 valence electrons. The summed E-state index contributed by atoms with van der Waals surface area (Å²) in [7, 11) is 0. The molecule has 0 aromatic heterocycles. The second kappa shape index (κ2) is 6.72. The molecule has 0 heterocycles. The first-order valence-electron chi connectivity index (χ1n) is 6.16. The lowest BCUT2D eigenvalue weighted by Gasteiger charge is -2.19. The third-order valence-electron chi connectivity index (χ3n) is 2.26. The number of hydrogen-bond acceptors (Lipinski definition) is 4. The number of rotatable bonds is 3.